The molecule has 0 radical (unpaired) electrons. The third kappa shape index (κ3) is 3.55. The van der Waals surface area contributed by atoms with Crippen molar-refractivity contribution < 1.29 is 13.9 Å². The SMILES string of the molecule is NCc1ccccc1-c1cc(COc2ccccc2CC=O)cc2ccoc12. The first-order chi connectivity index (χ1) is 13.8. The maximum Gasteiger partial charge on any atom is 0.141 e. The lowest BCUT2D eigenvalue weighted by atomic mass is 9.96. The Morgan fingerprint density at radius 3 is 2.54 bits per heavy atom. The van der Waals surface area contributed by atoms with E-state index in [0.29, 0.717) is 19.6 Å². The smallest absolute Gasteiger partial charge is 0.141 e. The van der Waals surface area contributed by atoms with Crippen molar-refractivity contribution in [3.05, 3.63) is 89.7 Å². The fraction of sp³-hybridized carbons (Fsp3) is 0.125. The van der Waals surface area contributed by atoms with E-state index in [4.69, 9.17) is 14.9 Å². The quantitative estimate of drug-likeness (QED) is 0.470. The average Bonchev–Trinajstić information content (AvgIpc) is 3.21. The molecule has 0 unspecified atom stereocenters. The van der Waals surface area contributed by atoms with E-state index in [9.17, 15) is 4.79 Å². The van der Waals surface area contributed by atoms with Crippen LogP contribution in [0.1, 0.15) is 16.7 Å². The van der Waals surface area contributed by atoms with Gasteiger partial charge in [-0.2, -0.15) is 0 Å². The van der Waals surface area contributed by atoms with Crippen molar-refractivity contribution in [2.75, 3.05) is 0 Å². The molecule has 1 heterocycles. The zero-order chi connectivity index (χ0) is 19.3. The van der Waals surface area contributed by atoms with E-state index >= 15 is 0 Å². The van der Waals surface area contributed by atoms with Crippen LogP contribution in [0.3, 0.4) is 0 Å². The number of ether oxygens (including phenoxy) is 1. The molecule has 0 aliphatic carbocycles. The number of fused-ring (bicyclic) bond motifs is 1. The Balaban J connectivity index is 1.71. The Labute approximate surface area is 163 Å². The number of rotatable bonds is 7. The zero-order valence-electron chi connectivity index (χ0n) is 15.4. The summed E-state index contributed by atoms with van der Waals surface area (Å²) in [4.78, 5) is 10.9. The molecule has 0 amide bonds. The molecular weight excluding hydrogens is 350 g/mol. The summed E-state index contributed by atoms with van der Waals surface area (Å²) in [5, 5.41) is 1.02. The molecule has 4 aromatic rings. The molecule has 28 heavy (non-hydrogen) atoms. The predicted octanol–water partition coefficient (Wildman–Crippen LogP) is 4.88. The Bertz CT molecular complexity index is 1110. The first-order valence-electron chi connectivity index (χ1n) is 9.23. The van der Waals surface area contributed by atoms with E-state index in [-0.39, 0.29) is 0 Å². The molecule has 2 N–H and O–H groups in total. The van der Waals surface area contributed by atoms with Gasteiger partial charge < -0.3 is 19.7 Å². The third-order valence-electron chi connectivity index (χ3n) is 4.81. The number of carbonyl (C=O) groups is 1. The molecular formula is C24H21NO3. The molecule has 4 rings (SSSR count). The van der Waals surface area contributed by atoms with Crippen molar-refractivity contribution in [1.29, 1.82) is 0 Å². The molecule has 0 fully saturated rings. The highest BCUT2D eigenvalue weighted by atomic mass is 16.5. The monoisotopic (exact) mass is 371 g/mol. The third-order valence-corrected chi connectivity index (χ3v) is 4.81. The van der Waals surface area contributed by atoms with Crippen LogP contribution in [0.15, 0.2) is 77.4 Å². The number of carbonyl (C=O) groups excluding carboxylic acids is 1. The number of aldehydes is 1. The van der Waals surface area contributed by atoms with Gasteiger partial charge in [0.05, 0.1) is 6.26 Å². The van der Waals surface area contributed by atoms with Crippen LogP contribution in [-0.2, 0) is 24.4 Å². The molecule has 140 valence electrons. The lowest BCUT2D eigenvalue weighted by Gasteiger charge is -2.13. The van der Waals surface area contributed by atoms with E-state index in [1.54, 1.807) is 6.26 Å². The van der Waals surface area contributed by atoms with Crippen molar-refractivity contribution in [3.8, 4) is 16.9 Å². The number of furan rings is 1. The summed E-state index contributed by atoms with van der Waals surface area (Å²) in [5.74, 6) is 0.728. The van der Waals surface area contributed by atoms with Crippen LogP contribution in [0.4, 0.5) is 0 Å². The van der Waals surface area contributed by atoms with Gasteiger partial charge in [0.2, 0.25) is 0 Å². The van der Waals surface area contributed by atoms with Gasteiger partial charge in [-0.1, -0.05) is 42.5 Å². The summed E-state index contributed by atoms with van der Waals surface area (Å²) in [6.07, 6.45) is 2.93. The van der Waals surface area contributed by atoms with E-state index in [2.05, 4.69) is 18.2 Å². The summed E-state index contributed by atoms with van der Waals surface area (Å²) in [6.45, 7) is 0.854. The Morgan fingerprint density at radius 2 is 1.71 bits per heavy atom. The second-order valence-corrected chi connectivity index (χ2v) is 6.61. The average molecular weight is 371 g/mol. The molecule has 4 nitrogen and oxygen atoms in total. The van der Waals surface area contributed by atoms with Crippen molar-refractivity contribution >= 4 is 17.3 Å². The molecule has 0 spiro atoms. The van der Waals surface area contributed by atoms with Crippen LogP contribution in [0, 0.1) is 0 Å². The van der Waals surface area contributed by atoms with Gasteiger partial charge in [0.1, 0.15) is 24.2 Å². The maximum absolute atomic E-state index is 10.9. The molecule has 1 aromatic heterocycles. The van der Waals surface area contributed by atoms with Crippen LogP contribution in [0.25, 0.3) is 22.1 Å². The van der Waals surface area contributed by atoms with E-state index in [0.717, 1.165) is 50.8 Å². The lowest BCUT2D eigenvalue weighted by molar-refractivity contribution is -0.107. The van der Waals surface area contributed by atoms with Crippen LogP contribution in [0.5, 0.6) is 5.75 Å². The van der Waals surface area contributed by atoms with Gasteiger partial charge in [0, 0.05) is 29.5 Å². The van der Waals surface area contributed by atoms with Crippen LogP contribution in [0.2, 0.25) is 0 Å². The first-order valence-corrected chi connectivity index (χ1v) is 9.23. The van der Waals surface area contributed by atoms with Crippen molar-refractivity contribution in [3.63, 3.8) is 0 Å². The van der Waals surface area contributed by atoms with Gasteiger partial charge in [-0.25, -0.2) is 0 Å². The highest BCUT2D eigenvalue weighted by molar-refractivity contribution is 5.94. The number of para-hydroxylation sites is 1. The number of hydrogen-bond acceptors (Lipinski definition) is 4. The molecule has 3 aromatic carbocycles. The summed E-state index contributed by atoms with van der Waals surface area (Å²) in [5.41, 5.74) is 11.8. The van der Waals surface area contributed by atoms with Gasteiger partial charge in [0.15, 0.2) is 0 Å². The fourth-order valence-corrected chi connectivity index (χ4v) is 3.45. The minimum Gasteiger partial charge on any atom is -0.489 e. The Kier molecular flexibility index (Phi) is 5.22. The largest absolute Gasteiger partial charge is 0.489 e. The van der Waals surface area contributed by atoms with Gasteiger partial charge in [0.25, 0.3) is 0 Å². The second kappa shape index (κ2) is 8.11. The van der Waals surface area contributed by atoms with Crippen LogP contribution >= 0.6 is 0 Å². The fourth-order valence-electron chi connectivity index (χ4n) is 3.45. The molecule has 0 atom stereocenters. The predicted molar refractivity (Wildman–Crippen MR) is 110 cm³/mol. The molecule has 0 aliphatic rings. The second-order valence-electron chi connectivity index (χ2n) is 6.61. The lowest BCUT2D eigenvalue weighted by Crippen LogP contribution is -2.01. The molecule has 0 bridgehead atoms. The number of benzene rings is 3. The van der Waals surface area contributed by atoms with Gasteiger partial charge in [-0.3, -0.25) is 0 Å². The van der Waals surface area contributed by atoms with E-state index in [1.807, 2.05) is 48.5 Å². The minimum atomic E-state index is 0.339. The number of nitrogens with two attached hydrogens (primary N) is 1. The van der Waals surface area contributed by atoms with Crippen molar-refractivity contribution in [1.82, 2.24) is 0 Å². The summed E-state index contributed by atoms with van der Waals surface area (Å²) in [7, 11) is 0. The summed E-state index contributed by atoms with van der Waals surface area (Å²) >= 11 is 0. The summed E-state index contributed by atoms with van der Waals surface area (Å²) in [6, 6.07) is 21.8. The van der Waals surface area contributed by atoms with Gasteiger partial charge in [-0.05, 0) is 41.0 Å². The van der Waals surface area contributed by atoms with Crippen LogP contribution in [-0.4, -0.2) is 6.29 Å². The Hall–Kier alpha value is -3.37. The molecule has 4 heteroatoms. The molecule has 0 saturated carbocycles. The maximum atomic E-state index is 10.9. The van der Waals surface area contributed by atoms with Gasteiger partial charge >= 0.3 is 0 Å². The zero-order valence-corrected chi connectivity index (χ0v) is 15.4. The molecule has 0 saturated heterocycles. The van der Waals surface area contributed by atoms with E-state index < -0.39 is 0 Å². The van der Waals surface area contributed by atoms with Crippen molar-refractivity contribution in [2.45, 2.75) is 19.6 Å². The van der Waals surface area contributed by atoms with E-state index in [1.165, 1.54) is 0 Å². The van der Waals surface area contributed by atoms with Crippen molar-refractivity contribution in [2.24, 2.45) is 5.73 Å². The Morgan fingerprint density at radius 1 is 0.929 bits per heavy atom. The standard InChI is InChI=1S/C24H21NO3/c25-15-20-6-1-3-7-21(20)22-14-17(13-19-10-12-27-24(19)22)16-28-23-8-4-2-5-18(23)9-11-26/h1-8,10-14H,9,15-16,25H2. The highest BCUT2D eigenvalue weighted by Crippen LogP contribution is 2.33. The minimum absolute atomic E-state index is 0.339. The first kappa shape index (κ1) is 18.0. The number of hydrogen-bond donors (Lipinski definition) is 1. The molecule has 0 aliphatic heterocycles. The normalized spacial score (nSPS) is 10.9. The highest BCUT2D eigenvalue weighted by Gasteiger charge is 2.13. The summed E-state index contributed by atoms with van der Waals surface area (Å²) < 4.78 is 11.8. The topological polar surface area (TPSA) is 65.5 Å². The van der Waals surface area contributed by atoms with Gasteiger partial charge in [-0.15, -0.1) is 0 Å². The van der Waals surface area contributed by atoms with Crippen LogP contribution < -0.4 is 10.5 Å².